The maximum atomic E-state index is 12.1. The van der Waals surface area contributed by atoms with Crippen LogP contribution in [0.4, 0.5) is 0 Å². The molecule has 0 amide bonds. The Bertz CT molecular complexity index is 682. The molecule has 140 valence electrons. The van der Waals surface area contributed by atoms with Crippen molar-refractivity contribution in [3.63, 3.8) is 0 Å². The van der Waals surface area contributed by atoms with E-state index in [0.717, 1.165) is 24.2 Å². The van der Waals surface area contributed by atoms with Crippen LogP contribution in [-0.2, 0) is 9.53 Å². The Balaban J connectivity index is 1.22. The molecule has 3 heterocycles. The Labute approximate surface area is 160 Å². The summed E-state index contributed by atoms with van der Waals surface area (Å²) in [5.41, 5.74) is 1.15. The number of piperidine rings is 1. The highest BCUT2D eigenvalue weighted by Gasteiger charge is 2.73. The molecule has 0 aromatic carbocycles. The van der Waals surface area contributed by atoms with Crippen molar-refractivity contribution >= 4 is 17.7 Å². The number of ether oxygens (including phenoxy) is 1. The molecular formula is C22H29NO2S. The molecule has 8 aliphatic rings. The molecule has 3 nitrogen and oxygen atoms in total. The molecule has 0 aromatic heterocycles. The zero-order valence-electron chi connectivity index (χ0n) is 15.5. The molecule has 0 aromatic rings. The SMILES string of the molecule is O=C1C=C2CC(SC34CC5CC(CC(C5)C3)C4)[C@H]3N4CCCC[C@@H]4C23O1. The number of hydrogen-bond donors (Lipinski definition) is 0. The molecular weight excluding hydrogens is 342 g/mol. The molecule has 4 bridgehead atoms. The molecule has 5 aliphatic carbocycles. The molecule has 7 fully saturated rings. The van der Waals surface area contributed by atoms with Crippen LogP contribution in [0.25, 0.3) is 0 Å². The van der Waals surface area contributed by atoms with E-state index in [2.05, 4.69) is 16.7 Å². The number of carbonyl (C=O) groups excluding carboxylic acids is 1. The monoisotopic (exact) mass is 371 g/mol. The lowest BCUT2D eigenvalue weighted by molar-refractivity contribution is -0.200. The molecule has 2 unspecified atom stereocenters. The Morgan fingerprint density at radius 1 is 1.08 bits per heavy atom. The minimum Gasteiger partial charge on any atom is -0.448 e. The Kier molecular flexibility index (Phi) is 2.92. The van der Waals surface area contributed by atoms with Gasteiger partial charge in [-0.05, 0) is 87.7 Å². The zero-order chi connectivity index (χ0) is 17.1. The van der Waals surface area contributed by atoms with Gasteiger partial charge >= 0.3 is 5.97 Å². The van der Waals surface area contributed by atoms with E-state index in [-0.39, 0.29) is 11.6 Å². The van der Waals surface area contributed by atoms with Crippen molar-refractivity contribution in [2.45, 2.75) is 91.9 Å². The molecule has 3 aliphatic heterocycles. The Morgan fingerprint density at radius 2 is 1.81 bits per heavy atom. The fourth-order valence-corrected chi connectivity index (χ4v) is 11.2. The van der Waals surface area contributed by atoms with Crippen LogP contribution in [0.3, 0.4) is 0 Å². The zero-order valence-corrected chi connectivity index (χ0v) is 16.3. The van der Waals surface area contributed by atoms with E-state index in [1.165, 1.54) is 69.9 Å². The lowest BCUT2D eigenvalue weighted by Gasteiger charge is -2.63. The number of hydrogen-bond acceptors (Lipinski definition) is 4. The van der Waals surface area contributed by atoms with E-state index in [1.807, 2.05) is 6.08 Å². The third-order valence-electron chi connectivity index (χ3n) is 9.06. The van der Waals surface area contributed by atoms with E-state index >= 15 is 0 Å². The maximum Gasteiger partial charge on any atom is 0.331 e. The van der Waals surface area contributed by atoms with Crippen LogP contribution in [0.2, 0.25) is 0 Å². The van der Waals surface area contributed by atoms with Crippen molar-refractivity contribution in [2.75, 3.05) is 6.54 Å². The van der Waals surface area contributed by atoms with Gasteiger partial charge in [0.25, 0.3) is 0 Å². The van der Waals surface area contributed by atoms with Gasteiger partial charge < -0.3 is 4.74 Å². The van der Waals surface area contributed by atoms with E-state index < -0.39 is 0 Å². The number of nitrogens with zero attached hydrogens (tertiary/aromatic N) is 1. The first-order valence-electron chi connectivity index (χ1n) is 11.0. The van der Waals surface area contributed by atoms with Crippen molar-refractivity contribution in [1.29, 1.82) is 0 Å². The second kappa shape index (κ2) is 4.92. The standard InChI is InChI=1S/C22H29NO2S/c24-19-9-16-8-17(20-22(16,25-19)18-3-1-2-4-23(18)20)26-21-10-13-5-14(11-21)7-15(6-13)12-21/h9,13-15,17-18,20H,1-8,10-12H2/t13?,14?,15?,17?,18-,20-,21?,22?/m1/s1. The quantitative estimate of drug-likeness (QED) is 0.688. The van der Waals surface area contributed by atoms with E-state index in [4.69, 9.17) is 4.74 Å². The number of esters is 1. The maximum absolute atomic E-state index is 12.1. The second-order valence-electron chi connectivity index (χ2n) is 10.5. The van der Waals surface area contributed by atoms with Crippen molar-refractivity contribution in [3.05, 3.63) is 11.6 Å². The summed E-state index contributed by atoms with van der Waals surface area (Å²) in [6.07, 6.45) is 15.8. The van der Waals surface area contributed by atoms with Crippen LogP contribution in [0.5, 0.6) is 0 Å². The normalized spacial score (nSPS) is 56.5. The smallest absolute Gasteiger partial charge is 0.331 e. The number of fused-ring (bicyclic) bond motifs is 2. The average Bonchev–Trinajstić information content (AvgIpc) is 3.02. The molecule has 1 spiro atoms. The second-order valence-corrected chi connectivity index (χ2v) is 12.2. The Hall–Kier alpha value is -0.480. The van der Waals surface area contributed by atoms with Crippen molar-refractivity contribution in [3.8, 4) is 0 Å². The van der Waals surface area contributed by atoms with Gasteiger partial charge in [-0.3, -0.25) is 4.90 Å². The molecule has 5 saturated carbocycles. The van der Waals surface area contributed by atoms with E-state index in [9.17, 15) is 4.79 Å². The average molecular weight is 372 g/mol. The lowest BCUT2D eigenvalue weighted by Crippen LogP contribution is -2.77. The summed E-state index contributed by atoms with van der Waals surface area (Å²) in [7, 11) is 0. The van der Waals surface area contributed by atoms with Crippen LogP contribution in [0.15, 0.2) is 11.6 Å². The summed E-state index contributed by atoms with van der Waals surface area (Å²) in [6.45, 7) is 1.22. The summed E-state index contributed by atoms with van der Waals surface area (Å²) in [4.78, 5) is 14.8. The number of rotatable bonds is 2. The van der Waals surface area contributed by atoms with Gasteiger partial charge in [0.05, 0.1) is 12.1 Å². The van der Waals surface area contributed by atoms with Crippen LogP contribution >= 0.6 is 11.8 Å². The van der Waals surface area contributed by atoms with Crippen molar-refractivity contribution in [2.24, 2.45) is 17.8 Å². The van der Waals surface area contributed by atoms with Gasteiger partial charge in [-0.25, -0.2) is 4.79 Å². The summed E-state index contributed by atoms with van der Waals surface area (Å²) >= 11 is 2.36. The van der Waals surface area contributed by atoms with Crippen LogP contribution in [0, 0.1) is 17.8 Å². The minimum atomic E-state index is -0.211. The number of carbonyl (C=O) groups is 1. The van der Waals surface area contributed by atoms with Gasteiger partial charge in [0.15, 0.2) is 5.60 Å². The fraction of sp³-hybridized carbons (Fsp3) is 0.864. The first-order valence-corrected chi connectivity index (χ1v) is 11.9. The van der Waals surface area contributed by atoms with Crippen molar-refractivity contribution < 1.29 is 9.53 Å². The lowest BCUT2D eigenvalue weighted by atomic mass is 9.56. The van der Waals surface area contributed by atoms with E-state index in [0.29, 0.717) is 22.1 Å². The predicted molar refractivity (Wildman–Crippen MR) is 102 cm³/mol. The summed E-state index contributed by atoms with van der Waals surface area (Å²) in [6, 6.07) is 0.962. The molecule has 26 heavy (non-hydrogen) atoms. The first kappa shape index (κ1) is 15.4. The van der Waals surface area contributed by atoms with Gasteiger partial charge in [0.2, 0.25) is 0 Å². The van der Waals surface area contributed by atoms with E-state index in [1.54, 1.807) is 0 Å². The Morgan fingerprint density at radius 3 is 2.54 bits per heavy atom. The highest BCUT2D eigenvalue weighted by Crippen LogP contribution is 2.66. The fourth-order valence-electron chi connectivity index (χ4n) is 8.80. The molecule has 8 rings (SSSR count). The largest absolute Gasteiger partial charge is 0.448 e. The molecule has 4 atom stereocenters. The van der Waals surface area contributed by atoms with Gasteiger partial charge in [0, 0.05) is 16.1 Å². The molecule has 2 saturated heterocycles. The summed E-state index contributed by atoms with van der Waals surface area (Å²) in [5.74, 6) is 2.99. The summed E-state index contributed by atoms with van der Waals surface area (Å²) < 4.78 is 6.67. The van der Waals surface area contributed by atoms with Crippen LogP contribution in [0.1, 0.15) is 64.2 Å². The number of thioether (sulfide) groups is 1. The highest BCUT2D eigenvalue weighted by atomic mass is 32.2. The third-order valence-corrected chi connectivity index (χ3v) is 10.8. The first-order chi connectivity index (χ1) is 12.7. The van der Waals surface area contributed by atoms with Crippen LogP contribution < -0.4 is 0 Å². The van der Waals surface area contributed by atoms with Crippen LogP contribution in [-0.4, -0.2) is 45.1 Å². The third kappa shape index (κ3) is 1.79. The topological polar surface area (TPSA) is 29.5 Å². The predicted octanol–water partition coefficient (Wildman–Crippen LogP) is 3.92. The molecule has 0 N–H and O–H groups in total. The summed E-state index contributed by atoms with van der Waals surface area (Å²) in [5, 5.41) is 0.653. The molecule has 0 radical (unpaired) electrons. The van der Waals surface area contributed by atoms with Gasteiger partial charge in [0.1, 0.15) is 0 Å². The minimum absolute atomic E-state index is 0.0616. The van der Waals surface area contributed by atoms with Crippen molar-refractivity contribution in [1.82, 2.24) is 4.90 Å². The highest BCUT2D eigenvalue weighted by molar-refractivity contribution is 8.01. The molecule has 4 heteroatoms. The van der Waals surface area contributed by atoms with Gasteiger partial charge in [-0.15, -0.1) is 11.8 Å². The van der Waals surface area contributed by atoms with Gasteiger partial charge in [-0.2, -0.15) is 0 Å². The van der Waals surface area contributed by atoms with Gasteiger partial charge in [-0.1, -0.05) is 6.42 Å².